The molecule has 2 aliphatic rings. The first-order chi connectivity index (χ1) is 7.93. The molecule has 0 spiro atoms. The van der Waals surface area contributed by atoms with Gasteiger partial charge in [-0.05, 0) is 53.3 Å². The minimum absolute atomic E-state index is 0.132. The van der Waals surface area contributed by atoms with E-state index in [0.29, 0.717) is 0 Å². The summed E-state index contributed by atoms with van der Waals surface area (Å²) in [5.74, 6) is 0. The molecule has 0 bridgehead atoms. The quantitative estimate of drug-likeness (QED) is 0.655. The van der Waals surface area contributed by atoms with Crippen molar-refractivity contribution in [1.82, 2.24) is 0 Å². The summed E-state index contributed by atoms with van der Waals surface area (Å²) in [5, 5.41) is 5.96. The van der Waals surface area contributed by atoms with Crippen LogP contribution in [0.25, 0.3) is 20.9 Å². The van der Waals surface area contributed by atoms with Crippen LogP contribution < -0.4 is 10.4 Å². The van der Waals surface area contributed by atoms with Crippen LogP contribution in [0.5, 0.6) is 0 Å². The summed E-state index contributed by atoms with van der Waals surface area (Å²) in [5.41, 5.74) is 3.02. The molecule has 0 aromatic heterocycles. The molecule has 0 unspecified atom stereocenters. The van der Waals surface area contributed by atoms with Crippen LogP contribution in [-0.2, 0) is 6.42 Å². The van der Waals surface area contributed by atoms with Crippen LogP contribution >= 0.6 is 20.7 Å². The molecule has 0 fully saturated rings. The largest absolute Gasteiger partial charge is 0.0924 e. The lowest BCUT2D eigenvalue weighted by atomic mass is 9.91. The summed E-state index contributed by atoms with van der Waals surface area (Å²) >= 11 is 0.132. The van der Waals surface area contributed by atoms with Gasteiger partial charge in [-0.15, -0.1) is 0 Å². The molecule has 0 saturated heterocycles. The van der Waals surface area contributed by atoms with Gasteiger partial charge in [0.2, 0.25) is 0 Å². The molecule has 4 rings (SSSR count). The second-order valence-electron chi connectivity index (χ2n) is 4.39. The lowest BCUT2D eigenvalue weighted by Gasteiger charge is -2.15. The summed E-state index contributed by atoms with van der Waals surface area (Å²) in [6.07, 6.45) is 4.79. The minimum atomic E-state index is 0.132. The predicted octanol–water partition coefficient (Wildman–Crippen LogP) is 2.44. The smallest absolute Gasteiger partial charge is 0.00213 e. The van der Waals surface area contributed by atoms with Gasteiger partial charge >= 0.3 is 0 Å². The van der Waals surface area contributed by atoms with Gasteiger partial charge in [0.05, 0.1) is 0 Å². The average Bonchev–Trinajstić information content (AvgIpc) is 2.36. The van der Waals surface area contributed by atoms with E-state index in [-0.39, 0.29) is 20.7 Å². The van der Waals surface area contributed by atoms with Crippen LogP contribution in [0.2, 0.25) is 0 Å². The van der Waals surface area contributed by atoms with E-state index in [2.05, 4.69) is 38.4 Å². The second kappa shape index (κ2) is 3.27. The first-order valence-corrected chi connectivity index (χ1v) is 8.13. The lowest BCUT2D eigenvalue weighted by Crippen LogP contribution is -2.17. The van der Waals surface area contributed by atoms with E-state index in [4.69, 9.17) is 0 Å². The summed E-state index contributed by atoms with van der Waals surface area (Å²) in [7, 11) is 0. The van der Waals surface area contributed by atoms with Crippen molar-refractivity contribution in [2.75, 3.05) is 0 Å². The Morgan fingerprint density at radius 1 is 0.938 bits per heavy atom. The van der Waals surface area contributed by atoms with Crippen molar-refractivity contribution in [3.8, 4) is 0 Å². The number of benzene rings is 2. The zero-order valence-electron chi connectivity index (χ0n) is 8.83. The molecule has 1 heteroatoms. The number of hydrogen-bond donors (Lipinski definition) is 0. The van der Waals surface area contributed by atoms with Crippen molar-refractivity contribution in [3.05, 3.63) is 45.8 Å². The van der Waals surface area contributed by atoms with Gasteiger partial charge in [0.25, 0.3) is 0 Å². The normalized spacial score (nSPS) is 16.2. The molecule has 1 aliphatic heterocycles. The summed E-state index contributed by atoms with van der Waals surface area (Å²) in [6.45, 7) is 0. The highest BCUT2D eigenvalue weighted by atomic mass is 127. The van der Waals surface area contributed by atoms with E-state index in [1.165, 1.54) is 39.6 Å². The van der Waals surface area contributed by atoms with Gasteiger partial charge in [0.15, 0.2) is 0 Å². The Balaban J connectivity index is 2.42. The first-order valence-electron chi connectivity index (χ1n) is 5.64. The van der Waals surface area contributed by atoms with E-state index < -0.39 is 0 Å². The minimum Gasteiger partial charge on any atom is -0.0924 e. The molecular formula is C15H11I. The van der Waals surface area contributed by atoms with Gasteiger partial charge < -0.3 is 0 Å². The third-order valence-electron chi connectivity index (χ3n) is 3.48. The van der Waals surface area contributed by atoms with Gasteiger partial charge in [-0.3, -0.25) is 0 Å². The maximum atomic E-state index is 2.45. The van der Waals surface area contributed by atoms with Gasteiger partial charge in [-0.1, -0.05) is 51.1 Å². The maximum absolute atomic E-state index is 2.45. The van der Waals surface area contributed by atoms with Crippen LogP contribution in [0, 0.1) is 0 Å². The van der Waals surface area contributed by atoms with E-state index in [1.807, 2.05) is 0 Å². The molecule has 0 saturated carbocycles. The summed E-state index contributed by atoms with van der Waals surface area (Å²) in [4.78, 5) is 0. The second-order valence-corrected chi connectivity index (χ2v) is 6.36. The molecule has 78 valence electrons. The van der Waals surface area contributed by atoms with E-state index in [0.717, 1.165) is 0 Å². The van der Waals surface area contributed by atoms with Crippen LogP contribution in [0.1, 0.15) is 17.5 Å². The van der Waals surface area contributed by atoms with Crippen molar-refractivity contribution < 1.29 is 0 Å². The van der Waals surface area contributed by atoms with Gasteiger partial charge in [-0.2, -0.15) is 0 Å². The number of aryl methyl sites for hydroxylation is 1. The van der Waals surface area contributed by atoms with Crippen molar-refractivity contribution in [3.63, 3.8) is 0 Å². The predicted molar refractivity (Wildman–Crippen MR) is 79.6 cm³/mol. The average molecular weight is 318 g/mol. The Kier molecular flexibility index (Phi) is 1.86. The van der Waals surface area contributed by atoms with Crippen LogP contribution in [-0.4, -0.2) is 4.01 Å². The summed E-state index contributed by atoms with van der Waals surface area (Å²) in [6, 6.07) is 9.27. The molecule has 2 aromatic rings. The van der Waals surface area contributed by atoms with Gasteiger partial charge in [0, 0.05) is 0 Å². The van der Waals surface area contributed by atoms with Crippen LogP contribution in [0.4, 0.5) is 0 Å². The summed E-state index contributed by atoms with van der Waals surface area (Å²) < 4.78 is 4.90. The highest BCUT2D eigenvalue weighted by molar-refractivity contribution is 14.2. The maximum Gasteiger partial charge on any atom is -0.00213 e. The van der Waals surface area contributed by atoms with Crippen molar-refractivity contribution >= 4 is 45.7 Å². The molecule has 0 amide bonds. The molecule has 16 heavy (non-hydrogen) atoms. The molecule has 0 radical (unpaired) electrons. The molecule has 0 N–H and O–H groups in total. The highest BCUT2D eigenvalue weighted by Gasteiger charge is 2.11. The fourth-order valence-electron chi connectivity index (χ4n) is 2.76. The fourth-order valence-corrected chi connectivity index (χ4v) is 4.75. The first kappa shape index (κ1) is 9.11. The SMILES string of the molecule is C1=IC=c2ccc3c4c(ccc1c24)CCC=3. The van der Waals surface area contributed by atoms with E-state index >= 15 is 0 Å². The number of halogens is 1. The van der Waals surface area contributed by atoms with Gasteiger partial charge in [0.1, 0.15) is 0 Å². The Morgan fingerprint density at radius 2 is 1.88 bits per heavy atom. The topological polar surface area (TPSA) is 0 Å². The van der Waals surface area contributed by atoms with Crippen LogP contribution in [0.15, 0.2) is 24.3 Å². The van der Waals surface area contributed by atoms with Crippen molar-refractivity contribution in [1.29, 1.82) is 0 Å². The number of hydrogen-bond acceptors (Lipinski definition) is 0. The fraction of sp³-hybridized carbons (Fsp3) is 0.133. The monoisotopic (exact) mass is 318 g/mol. The molecule has 0 atom stereocenters. The third kappa shape index (κ3) is 1.12. The Hall–Kier alpha value is -0.960. The van der Waals surface area contributed by atoms with Crippen LogP contribution in [0.3, 0.4) is 0 Å². The standard InChI is InChI=1S/C15H11I/c1-2-10-4-6-12-8-16-9-13-7-5-11(3-1)14(10)15(12)13/h2,4-9H,1,3H2. The Labute approximate surface area is 104 Å². The Bertz CT molecular complexity index is 751. The zero-order valence-corrected chi connectivity index (χ0v) is 11.0. The van der Waals surface area contributed by atoms with E-state index in [9.17, 15) is 0 Å². The molecule has 0 nitrogen and oxygen atoms in total. The van der Waals surface area contributed by atoms with Gasteiger partial charge in [-0.25, -0.2) is 0 Å². The van der Waals surface area contributed by atoms with E-state index in [1.54, 1.807) is 5.56 Å². The molecular weight excluding hydrogens is 307 g/mol. The molecule has 2 aromatic carbocycles. The highest BCUT2D eigenvalue weighted by Crippen LogP contribution is 2.23. The number of rotatable bonds is 0. The molecule has 1 heterocycles. The molecule has 1 aliphatic carbocycles. The van der Waals surface area contributed by atoms with Crippen molar-refractivity contribution in [2.24, 2.45) is 0 Å². The third-order valence-corrected chi connectivity index (χ3v) is 5.54. The Morgan fingerprint density at radius 3 is 2.88 bits per heavy atom. The van der Waals surface area contributed by atoms with Crippen molar-refractivity contribution in [2.45, 2.75) is 12.8 Å². The lowest BCUT2D eigenvalue weighted by molar-refractivity contribution is 1.03. The zero-order chi connectivity index (χ0) is 10.5.